The van der Waals surface area contributed by atoms with Crippen LogP contribution in [0.3, 0.4) is 0 Å². The van der Waals surface area contributed by atoms with Crippen LogP contribution in [0.2, 0.25) is 0 Å². The lowest BCUT2D eigenvalue weighted by Gasteiger charge is -2.49. The van der Waals surface area contributed by atoms with Gasteiger partial charge in [-0.25, -0.2) is 0 Å². The lowest BCUT2D eigenvalue weighted by molar-refractivity contribution is -0.292. The molecule has 164 valence electrons. The van der Waals surface area contributed by atoms with Gasteiger partial charge < -0.3 is 14.8 Å². The number of hydrogen-bond acceptors (Lipinski definition) is 7. The Hall–Kier alpha value is -4.19. The zero-order valence-electron chi connectivity index (χ0n) is 18.1. The van der Waals surface area contributed by atoms with Gasteiger partial charge in [0.05, 0.1) is 24.1 Å². The van der Waals surface area contributed by atoms with Gasteiger partial charge in [-0.05, 0) is 24.1 Å². The van der Waals surface area contributed by atoms with Crippen LogP contribution >= 0.6 is 0 Å². The molecule has 0 radical (unpaired) electrons. The summed E-state index contributed by atoms with van der Waals surface area (Å²) in [6.45, 7) is 3.21. The van der Waals surface area contributed by atoms with Crippen LogP contribution in [0.25, 0.3) is 0 Å². The standard InChI is InChI=1S/C25H21N5O3/c1-3-20-24(15-28)22(29)33-25(20,18-7-5-4-6-8-18)32-21(23(24,13-26)14-27)17-9-11-19(12-10-17)30-16(2)31/h4-12,20-21,29H,3H2,1-2H3,(H,30,31). The van der Waals surface area contributed by atoms with Crippen molar-refractivity contribution in [2.24, 2.45) is 16.7 Å². The monoisotopic (exact) mass is 439 g/mol. The summed E-state index contributed by atoms with van der Waals surface area (Å²) in [6.07, 6.45) is -0.853. The zero-order valence-corrected chi connectivity index (χ0v) is 18.1. The number of nitrogens with zero attached hydrogens (tertiary/aromatic N) is 3. The van der Waals surface area contributed by atoms with E-state index < -0.39 is 34.5 Å². The highest BCUT2D eigenvalue weighted by Crippen LogP contribution is 2.69. The van der Waals surface area contributed by atoms with Crippen LogP contribution in [-0.4, -0.2) is 11.8 Å². The molecule has 2 aromatic carbocycles. The number of carbonyl (C=O) groups is 1. The van der Waals surface area contributed by atoms with Gasteiger partial charge in [0.15, 0.2) is 5.41 Å². The van der Waals surface area contributed by atoms with E-state index in [0.29, 0.717) is 23.2 Å². The number of ether oxygens (including phenoxy) is 2. The Balaban J connectivity index is 1.97. The summed E-state index contributed by atoms with van der Waals surface area (Å²) in [4.78, 5) is 11.4. The number of nitrogens with one attached hydrogen (secondary N) is 2. The van der Waals surface area contributed by atoms with Gasteiger partial charge in [0.2, 0.25) is 23.0 Å². The average molecular weight is 439 g/mol. The van der Waals surface area contributed by atoms with Gasteiger partial charge in [-0.15, -0.1) is 0 Å². The molecular formula is C25H21N5O3. The predicted molar refractivity (Wildman–Crippen MR) is 117 cm³/mol. The molecule has 2 heterocycles. The van der Waals surface area contributed by atoms with Gasteiger partial charge in [0.25, 0.3) is 0 Å². The van der Waals surface area contributed by atoms with Gasteiger partial charge in [0.1, 0.15) is 6.10 Å². The minimum atomic E-state index is -2.04. The molecule has 0 aromatic heterocycles. The Morgan fingerprint density at radius 3 is 2.21 bits per heavy atom. The summed E-state index contributed by atoms with van der Waals surface area (Å²) in [5, 5.41) is 42.5. The van der Waals surface area contributed by atoms with Crippen molar-refractivity contribution in [1.82, 2.24) is 0 Å². The lowest BCUT2D eigenvalue weighted by atomic mass is 9.52. The molecule has 1 amide bonds. The Kier molecular flexibility index (Phi) is 5.17. The smallest absolute Gasteiger partial charge is 0.244 e. The number of anilines is 1. The van der Waals surface area contributed by atoms with E-state index in [1.807, 2.05) is 25.1 Å². The molecule has 2 bridgehead atoms. The molecule has 2 N–H and O–H groups in total. The van der Waals surface area contributed by atoms with Gasteiger partial charge in [0, 0.05) is 18.2 Å². The van der Waals surface area contributed by atoms with Gasteiger partial charge in [-0.1, -0.05) is 49.4 Å². The molecule has 2 aliphatic rings. The molecule has 2 saturated heterocycles. The molecule has 0 aliphatic carbocycles. The van der Waals surface area contributed by atoms with Crippen LogP contribution in [-0.2, 0) is 20.1 Å². The third kappa shape index (κ3) is 2.77. The van der Waals surface area contributed by atoms with Crippen molar-refractivity contribution in [3.8, 4) is 18.2 Å². The summed E-state index contributed by atoms with van der Waals surface area (Å²) in [6, 6.07) is 21.8. The molecule has 4 rings (SSSR count). The topological polar surface area (TPSA) is 143 Å². The number of hydrogen-bond donors (Lipinski definition) is 2. The number of rotatable bonds is 4. The Bertz CT molecular complexity index is 1220. The fraction of sp³-hybridized carbons (Fsp3) is 0.320. The minimum absolute atomic E-state index is 0.239. The fourth-order valence-electron chi connectivity index (χ4n) is 5.15. The van der Waals surface area contributed by atoms with Crippen molar-refractivity contribution < 1.29 is 14.3 Å². The summed E-state index contributed by atoms with van der Waals surface area (Å²) >= 11 is 0. The second kappa shape index (κ2) is 7.74. The largest absolute Gasteiger partial charge is 0.443 e. The van der Waals surface area contributed by atoms with Crippen LogP contribution < -0.4 is 5.32 Å². The molecule has 0 spiro atoms. The highest BCUT2D eigenvalue weighted by Gasteiger charge is 2.80. The van der Waals surface area contributed by atoms with E-state index in [9.17, 15) is 20.6 Å². The van der Waals surface area contributed by atoms with E-state index in [2.05, 4.69) is 11.4 Å². The normalized spacial score (nSPS) is 29.1. The number of carbonyl (C=O) groups excluding carboxylic acids is 1. The third-order valence-electron chi connectivity index (χ3n) is 6.55. The second-order valence-corrected chi connectivity index (χ2v) is 8.18. The molecule has 4 unspecified atom stereocenters. The van der Waals surface area contributed by atoms with Crippen molar-refractivity contribution in [1.29, 1.82) is 21.2 Å². The van der Waals surface area contributed by atoms with Crippen LogP contribution in [0.1, 0.15) is 37.5 Å². The van der Waals surface area contributed by atoms with E-state index in [1.165, 1.54) is 6.92 Å². The van der Waals surface area contributed by atoms with Crippen molar-refractivity contribution in [2.45, 2.75) is 32.2 Å². The quantitative estimate of drug-likeness (QED) is 0.733. The summed E-state index contributed by atoms with van der Waals surface area (Å²) in [5.41, 5.74) is -2.29. The summed E-state index contributed by atoms with van der Waals surface area (Å²) < 4.78 is 12.5. The van der Waals surface area contributed by atoms with Gasteiger partial charge >= 0.3 is 0 Å². The van der Waals surface area contributed by atoms with E-state index in [4.69, 9.17) is 14.9 Å². The maximum atomic E-state index is 11.4. The zero-order chi connectivity index (χ0) is 23.9. The molecule has 2 aromatic rings. The van der Waals surface area contributed by atoms with Crippen molar-refractivity contribution >= 4 is 17.5 Å². The predicted octanol–water partition coefficient (Wildman–Crippen LogP) is 4.15. The fourth-order valence-corrected chi connectivity index (χ4v) is 5.15. The van der Waals surface area contributed by atoms with Gasteiger partial charge in [-0.2, -0.15) is 15.8 Å². The van der Waals surface area contributed by atoms with Crippen molar-refractivity contribution in [2.75, 3.05) is 5.32 Å². The van der Waals surface area contributed by atoms with Crippen molar-refractivity contribution in [3.05, 3.63) is 65.7 Å². The minimum Gasteiger partial charge on any atom is -0.443 e. The maximum Gasteiger partial charge on any atom is 0.244 e. The Labute approximate surface area is 191 Å². The number of nitriles is 3. The molecule has 33 heavy (non-hydrogen) atoms. The van der Waals surface area contributed by atoms with E-state index in [-0.39, 0.29) is 5.91 Å². The molecule has 8 nitrogen and oxygen atoms in total. The molecule has 2 fully saturated rings. The van der Waals surface area contributed by atoms with E-state index in [1.54, 1.807) is 48.5 Å². The first-order valence-corrected chi connectivity index (χ1v) is 10.5. The molecule has 8 heteroatoms. The summed E-state index contributed by atoms with van der Waals surface area (Å²) in [5.74, 6) is -2.96. The van der Waals surface area contributed by atoms with Crippen LogP contribution in [0.15, 0.2) is 54.6 Å². The molecular weight excluding hydrogens is 418 g/mol. The number of amides is 1. The van der Waals surface area contributed by atoms with Gasteiger partial charge in [-0.3, -0.25) is 10.2 Å². The SMILES string of the molecule is CCC1C2(c3ccccc3)OC(=N)C1(C#N)C(C#N)(C#N)C(c1ccc(NC(C)=O)cc1)O2. The number of fused-ring (bicyclic) bond motifs is 2. The average Bonchev–Trinajstić information content (AvgIpc) is 3.03. The molecule has 2 aliphatic heterocycles. The van der Waals surface area contributed by atoms with Crippen LogP contribution in [0.4, 0.5) is 5.69 Å². The third-order valence-corrected chi connectivity index (χ3v) is 6.55. The molecule has 0 saturated carbocycles. The van der Waals surface area contributed by atoms with Crippen molar-refractivity contribution in [3.63, 3.8) is 0 Å². The highest BCUT2D eigenvalue weighted by molar-refractivity contribution is 5.90. The first-order valence-electron chi connectivity index (χ1n) is 10.5. The summed E-state index contributed by atoms with van der Waals surface area (Å²) in [7, 11) is 0. The van der Waals surface area contributed by atoms with E-state index in [0.717, 1.165) is 0 Å². The lowest BCUT2D eigenvalue weighted by Crippen LogP contribution is -2.58. The molecule has 4 atom stereocenters. The second-order valence-electron chi connectivity index (χ2n) is 8.18. The van der Waals surface area contributed by atoms with Crippen LogP contribution in [0, 0.1) is 56.2 Å². The first kappa shape index (κ1) is 22.0. The highest BCUT2D eigenvalue weighted by atomic mass is 16.7. The number of benzene rings is 2. The Morgan fingerprint density at radius 2 is 1.70 bits per heavy atom. The Morgan fingerprint density at radius 1 is 1.06 bits per heavy atom. The maximum absolute atomic E-state index is 11.4. The van der Waals surface area contributed by atoms with Crippen LogP contribution in [0.5, 0.6) is 0 Å². The van der Waals surface area contributed by atoms with E-state index >= 15 is 0 Å². The first-order chi connectivity index (χ1) is 15.8.